The molecule has 1 aliphatic rings. The summed E-state index contributed by atoms with van der Waals surface area (Å²) in [7, 11) is 0. The molecule has 2 aromatic rings. The van der Waals surface area contributed by atoms with Gasteiger partial charge >= 0.3 is 0 Å². The number of carbonyl (C=O) groups excluding carboxylic acids is 1. The lowest BCUT2D eigenvalue weighted by molar-refractivity contribution is 0.0620. The number of hydrogen-bond donors (Lipinski definition) is 2. The van der Waals surface area contributed by atoms with Crippen molar-refractivity contribution in [2.75, 3.05) is 5.73 Å². The molecule has 0 saturated carbocycles. The molecule has 1 unspecified atom stereocenters. The van der Waals surface area contributed by atoms with Gasteiger partial charge in [0.25, 0.3) is 5.91 Å². The van der Waals surface area contributed by atoms with Crippen LogP contribution in [0.25, 0.3) is 0 Å². The van der Waals surface area contributed by atoms with Crippen LogP contribution in [-0.4, -0.2) is 11.5 Å². The number of halogens is 1. The van der Waals surface area contributed by atoms with E-state index in [9.17, 15) is 4.79 Å². The van der Waals surface area contributed by atoms with Gasteiger partial charge in [0.15, 0.2) is 0 Å². The van der Waals surface area contributed by atoms with Gasteiger partial charge in [0.2, 0.25) is 0 Å². The van der Waals surface area contributed by atoms with Crippen LogP contribution >= 0.6 is 11.6 Å². The van der Waals surface area contributed by atoms with Crippen molar-refractivity contribution >= 4 is 23.2 Å². The molecule has 5 heteroatoms. The maximum absolute atomic E-state index is 12.7. The summed E-state index contributed by atoms with van der Waals surface area (Å²) >= 11 is 6.28. The average Bonchev–Trinajstić information content (AvgIpc) is 2.50. The monoisotopic (exact) mass is 344 g/mol. The van der Waals surface area contributed by atoms with Gasteiger partial charge < -0.3 is 15.8 Å². The molecule has 24 heavy (non-hydrogen) atoms. The fraction of sp³-hybridized carbons (Fsp3) is 0.316. The predicted molar refractivity (Wildman–Crippen MR) is 96.6 cm³/mol. The minimum atomic E-state index is -0.378. The van der Waals surface area contributed by atoms with Crippen LogP contribution in [0.2, 0.25) is 5.02 Å². The quantitative estimate of drug-likeness (QED) is 0.800. The van der Waals surface area contributed by atoms with E-state index in [-0.39, 0.29) is 17.6 Å². The first kappa shape index (κ1) is 16.7. The van der Waals surface area contributed by atoms with Gasteiger partial charge in [0.1, 0.15) is 11.4 Å². The van der Waals surface area contributed by atoms with Crippen LogP contribution in [0.4, 0.5) is 5.69 Å². The highest BCUT2D eigenvalue weighted by atomic mass is 35.5. The molecule has 1 heterocycles. The molecule has 0 saturated heterocycles. The fourth-order valence-corrected chi connectivity index (χ4v) is 3.27. The van der Waals surface area contributed by atoms with Crippen molar-refractivity contribution < 1.29 is 9.53 Å². The van der Waals surface area contributed by atoms with Gasteiger partial charge in [-0.1, -0.05) is 23.7 Å². The Balaban J connectivity index is 1.93. The standard InChI is InChI=1S/C19H21ClN2O2/c1-11-5-4-6-13(17(11)20)18(23)22-15-10-19(2,3)24-16-8-7-12(21)9-14(15)16/h4-9,15H,10,21H2,1-3H3,(H,22,23). The lowest BCUT2D eigenvalue weighted by atomic mass is 9.89. The van der Waals surface area contributed by atoms with Crippen LogP contribution in [-0.2, 0) is 0 Å². The van der Waals surface area contributed by atoms with Crippen molar-refractivity contribution in [1.82, 2.24) is 5.32 Å². The van der Waals surface area contributed by atoms with Gasteiger partial charge in [-0.15, -0.1) is 0 Å². The van der Waals surface area contributed by atoms with E-state index in [2.05, 4.69) is 5.32 Å². The Kier molecular flexibility index (Phi) is 4.18. The first-order chi connectivity index (χ1) is 11.3. The number of nitrogens with two attached hydrogens (primary N) is 1. The molecule has 1 amide bonds. The Morgan fingerprint density at radius 3 is 2.83 bits per heavy atom. The number of nitrogens with one attached hydrogen (secondary N) is 1. The number of hydrogen-bond acceptors (Lipinski definition) is 3. The SMILES string of the molecule is Cc1cccc(C(=O)NC2CC(C)(C)Oc3ccc(N)cc32)c1Cl. The number of benzene rings is 2. The predicted octanol–water partition coefficient (Wildman–Crippen LogP) is 4.26. The van der Waals surface area contributed by atoms with E-state index in [1.165, 1.54) is 0 Å². The Labute approximate surface area is 147 Å². The highest BCUT2D eigenvalue weighted by Crippen LogP contribution is 2.40. The molecule has 3 rings (SSSR count). The lowest BCUT2D eigenvalue weighted by Gasteiger charge is -2.38. The van der Waals surface area contributed by atoms with Gasteiger partial charge in [-0.25, -0.2) is 0 Å². The zero-order chi connectivity index (χ0) is 17.5. The summed E-state index contributed by atoms with van der Waals surface area (Å²) in [5.74, 6) is 0.556. The van der Waals surface area contributed by atoms with E-state index in [0.29, 0.717) is 22.7 Å². The first-order valence-electron chi connectivity index (χ1n) is 7.91. The highest BCUT2D eigenvalue weighted by molar-refractivity contribution is 6.34. The molecule has 1 aliphatic heterocycles. The molecule has 126 valence electrons. The van der Waals surface area contributed by atoms with Crippen molar-refractivity contribution in [2.24, 2.45) is 0 Å². The Morgan fingerprint density at radius 2 is 2.08 bits per heavy atom. The van der Waals surface area contributed by atoms with Crippen LogP contribution in [0, 0.1) is 6.92 Å². The third kappa shape index (κ3) is 3.20. The second kappa shape index (κ2) is 6.02. The molecular formula is C19H21ClN2O2. The average molecular weight is 345 g/mol. The summed E-state index contributed by atoms with van der Waals surface area (Å²) in [6.45, 7) is 5.89. The summed E-state index contributed by atoms with van der Waals surface area (Å²) in [5, 5.41) is 3.56. The Hall–Kier alpha value is -2.20. The zero-order valence-corrected chi connectivity index (χ0v) is 14.8. The Morgan fingerprint density at radius 1 is 1.33 bits per heavy atom. The summed E-state index contributed by atoms with van der Waals surface area (Å²) in [4.78, 5) is 12.7. The number of nitrogen functional groups attached to an aromatic ring is 1. The van der Waals surface area contributed by atoms with Gasteiger partial charge in [0, 0.05) is 17.7 Å². The van der Waals surface area contributed by atoms with Crippen LogP contribution in [0.3, 0.4) is 0 Å². The molecule has 0 aliphatic carbocycles. The third-order valence-corrected chi connectivity index (χ3v) is 4.73. The Bertz CT molecular complexity index is 802. The van der Waals surface area contributed by atoms with E-state index >= 15 is 0 Å². The van der Waals surface area contributed by atoms with E-state index in [4.69, 9.17) is 22.1 Å². The van der Waals surface area contributed by atoms with Gasteiger partial charge in [-0.05, 0) is 50.6 Å². The van der Waals surface area contributed by atoms with E-state index < -0.39 is 0 Å². The largest absolute Gasteiger partial charge is 0.487 e. The summed E-state index contributed by atoms with van der Waals surface area (Å²) in [5.41, 5.74) is 8.42. The van der Waals surface area contributed by atoms with Crippen molar-refractivity contribution in [3.63, 3.8) is 0 Å². The van der Waals surface area contributed by atoms with Gasteiger partial charge in [0.05, 0.1) is 16.6 Å². The molecule has 1 atom stereocenters. The molecule has 0 radical (unpaired) electrons. The smallest absolute Gasteiger partial charge is 0.253 e. The molecule has 0 fully saturated rings. The molecule has 4 nitrogen and oxygen atoms in total. The van der Waals surface area contributed by atoms with Gasteiger partial charge in [-0.3, -0.25) is 4.79 Å². The number of amides is 1. The summed E-state index contributed by atoms with van der Waals surface area (Å²) < 4.78 is 6.00. The third-order valence-electron chi connectivity index (χ3n) is 4.23. The lowest BCUT2D eigenvalue weighted by Crippen LogP contribution is -2.41. The number of rotatable bonds is 2. The first-order valence-corrected chi connectivity index (χ1v) is 8.29. The number of carbonyl (C=O) groups is 1. The fourth-order valence-electron chi connectivity index (χ4n) is 3.06. The normalized spacial score (nSPS) is 18.4. The molecule has 0 bridgehead atoms. The summed E-state index contributed by atoms with van der Waals surface area (Å²) in [6.07, 6.45) is 0.651. The maximum Gasteiger partial charge on any atom is 0.253 e. The number of fused-ring (bicyclic) bond motifs is 1. The summed E-state index contributed by atoms with van der Waals surface area (Å²) in [6, 6.07) is 10.8. The van der Waals surface area contributed by atoms with E-state index in [1.807, 2.05) is 45.0 Å². The van der Waals surface area contributed by atoms with Crippen molar-refractivity contribution in [3.8, 4) is 5.75 Å². The highest BCUT2D eigenvalue weighted by Gasteiger charge is 2.35. The number of anilines is 1. The second-order valence-electron chi connectivity index (χ2n) is 6.83. The second-order valence-corrected chi connectivity index (χ2v) is 7.20. The number of aryl methyl sites for hydroxylation is 1. The van der Waals surface area contributed by atoms with Crippen molar-refractivity contribution in [2.45, 2.75) is 38.8 Å². The van der Waals surface area contributed by atoms with Crippen LogP contribution < -0.4 is 15.8 Å². The molecule has 0 spiro atoms. The number of ether oxygens (including phenoxy) is 1. The van der Waals surface area contributed by atoms with Crippen molar-refractivity contribution in [3.05, 3.63) is 58.1 Å². The minimum Gasteiger partial charge on any atom is -0.487 e. The molecule has 0 aromatic heterocycles. The molecule has 2 aromatic carbocycles. The van der Waals surface area contributed by atoms with Crippen molar-refractivity contribution in [1.29, 1.82) is 0 Å². The minimum absolute atomic E-state index is 0.184. The maximum atomic E-state index is 12.7. The van der Waals surface area contributed by atoms with E-state index in [1.54, 1.807) is 12.1 Å². The van der Waals surface area contributed by atoms with Crippen LogP contribution in [0.5, 0.6) is 5.75 Å². The zero-order valence-electron chi connectivity index (χ0n) is 14.0. The topological polar surface area (TPSA) is 64.3 Å². The molecular weight excluding hydrogens is 324 g/mol. The van der Waals surface area contributed by atoms with Crippen LogP contribution in [0.15, 0.2) is 36.4 Å². The molecule has 3 N–H and O–H groups in total. The van der Waals surface area contributed by atoms with E-state index in [0.717, 1.165) is 16.9 Å². The van der Waals surface area contributed by atoms with Crippen LogP contribution in [0.1, 0.15) is 47.8 Å². The van der Waals surface area contributed by atoms with Gasteiger partial charge in [-0.2, -0.15) is 0 Å².